The first kappa shape index (κ1) is 19.7. The van der Waals surface area contributed by atoms with Gasteiger partial charge in [0.05, 0.1) is 4.88 Å². The van der Waals surface area contributed by atoms with E-state index >= 15 is 0 Å². The molecule has 1 N–H and O–H groups in total. The van der Waals surface area contributed by atoms with E-state index in [1.54, 1.807) is 0 Å². The molecule has 1 aromatic heterocycles. The number of ether oxygens (including phenoxy) is 1. The van der Waals surface area contributed by atoms with Gasteiger partial charge in [0.15, 0.2) is 0 Å². The summed E-state index contributed by atoms with van der Waals surface area (Å²) < 4.78 is 70.7. The first-order valence-corrected chi connectivity index (χ1v) is 8.54. The number of nitrogens with one attached hydrogen (secondary N) is 1. The maximum absolute atomic E-state index is 13.6. The molecular weight excluding hydrogens is 403 g/mol. The van der Waals surface area contributed by atoms with E-state index in [0.29, 0.717) is 11.3 Å². The molecule has 0 aliphatic rings. The van der Waals surface area contributed by atoms with Gasteiger partial charge in [-0.3, -0.25) is 4.79 Å². The Morgan fingerprint density at radius 2 is 1.68 bits per heavy atom. The molecule has 0 atom stereocenters. The van der Waals surface area contributed by atoms with Crippen LogP contribution in [0, 0.1) is 18.6 Å². The van der Waals surface area contributed by atoms with E-state index in [0.717, 1.165) is 18.2 Å². The van der Waals surface area contributed by atoms with Crippen LogP contribution in [-0.4, -0.2) is 10.9 Å². The van der Waals surface area contributed by atoms with Crippen LogP contribution < -0.4 is 10.1 Å². The molecule has 0 bridgehead atoms. The van der Waals surface area contributed by atoms with E-state index in [2.05, 4.69) is 10.3 Å². The topological polar surface area (TPSA) is 51.2 Å². The van der Waals surface area contributed by atoms with Gasteiger partial charge >= 0.3 is 6.18 Å². The Hall–Kier alpha value is -3.01. The summed E-state index contributed by atoms with van der Waals surface area (Å²) in [6.07, 6.45) is -4.56. The van der Waals surface area contributed by atoms with Crippen molar-refractivity contribution < 1.29 is 31.5 Å². The lowest BCUT2D eigenvalue weighted by Crippen LogP contribution is -2.15. The lowest BCUT2D eigenvalue weighted by Gasteiger charge is -2.08. The fourth-order valence-corrected chi connectivity index (χ4v) is 2.93. The second-order valence-electron chi connectivity index (χ2n) is 5.56. The number of alkyl halides is 3. The van der Waals surface area contributed by atoms with E-state index < -0.39 is 34.3 Å². The van der Waals surface area contributed by atoms with Gasteiger partial charge in [-0.1, -0.05) is 6.07 Å². The van der Waals surface area contributed by atoms with Crippen molar-refractivity contribution in [3.05, 3.63) is 69.5 Å². The number of carbonyl (C=O) groups excluding carboxylic acids is 1. The van der Waals surface area contributed by atoms with Gasteiger partial charge in [0.25, 0.3) is 5.91 Å². The van der Waals surface area contributed by atoms with Gasteiger partial charge < -0.3 is 10.1 Å². The second kappa shape index (κ2) is 7.55. The minimum absolute atomic E-state index is 0.178. The minimum atomic E-state index is -4.56. The van der Waals surface area contributed by atoms with E-state index in [1.807, 2.05) is 0 Å². The number of anilines is 1. The Labute approximate surface area is 159 Å². The van der Waals surface area contributed by atoms with Gasteiger partial charge in [0, 0.05) is 5.69 Å². The van der Waals surface area contributed by atoms with Crippen LogP contribution in [0.25, 0.3) is 0 Å². The van der Waals surface area contributed by atoms with Crippen LogP contribution in [0.15, 0.2) is 42.5 Å². The third kappa shape index (κ3) is 4.28. The normalized spacial score (nSPS) is 11.4. The molecule has 4 nitrogen and oxygen atoms in total. The van der Waals surface area contributed by atoms with Gasteiger partial charge in [0.1, 0.15) is 22.9 Å². The number of hydrogen-bond acceptors (Lipinski definition) is 4. The second-order valence-corrected chi connectivity index (χ2v) is 6.76. The first-order chi connectivity index (χ1) is 13.1. The number of amides is 1. The Morgan fingerprint density at radius 3 is 2.21 bits per heavy atom. The van der Waals surface area contributed by atoms with Crippen LogP contribution in [0.2, 0.25) is 0 Å². The number of nitrogens with zero attached hydrogens (tertiary/aromatic N) is 1. The van der Waals surface area contributed by atoms with Crippen molar-refractivity contribution in [3.8, 4) is 11.6 Å². The lowest BCUT2D eigenvalue weighted by molar-refractivity contribution is -0.137. The maximum atomic E-state index is 13.6. The van der Waals surface area contributed by atoms with Crippen LogP contribution in [0.1, 0.15) is 20.2 Å². The first-order valence-electron chi connectivity index (χ1n) is 7.73. The van der Waals surface area contributed by atoms with Crippen LogP contribution >= 0.6 is 11.3 Å². The molecule has 0 spiro atoms. The number of carbonyl (C=O) groups is 1. The van der Waals surface area contributed by atoms with E-state index in [1.165, 1.54) is 31.2 Å². The van der Waals surface area contributed by atoms with Crippen molar-refractivity contribution in [3.63, 3.8) is 0 Å². The zero-order valence-electron chi connectivity index (χ0n) is 14.1. The summed E-state index contributed by atoms with van der Waals surface area (Å²) in [6.45, 7) is 1.44. The van der Waals surface area contributed by atoms with Crippen molar-refractivity contribution in [1.29, 1.82) is 0 Å². The molecule has 2 aromatic carbocycles. The van der Waals surface area contributed by atoms with Gasteiger partial charge in [-0.2, -0.15) is 18.2 Å². The summed E-state index contributed by atoms with van der Waals surface area (Å²) in [6, 6.07) is 8.55. The molecule has 1 heterocycles. The maximum Gasteiger partial charge on any atom is 0.443 e. The summed E-state index contributed by atoms with van der Waals surface area (Å²) in [7, 11) is 0. The Bertz CT molecular complexity index is 996. The third-order valence-electron chi connectivity index (χ3n) is 3.51. The fraction of sp³-hybridized carbons (Fsp3) is 0.111. The summed E-state index contributed by atoms with van der Waals surface area (Å²) in [5.41, 5.74) is -0.508. The Balaban J connectivity index is 1.72. The SMILES string of the molecule is Cc1sc(C(F)(F)F)nc1Oc1ccc(NC(=O)c2c(F)cccc2F)cc1. The molecule has 0 fully saturated rings. The van der Waals surface area contributed by atoms with Crippen LogP contribution in [0.3, 0.4) is 0 Å². The number of aryl methyl sites for hydroxylation is 1. The number of benzene rings is 2. The zero-order valence-corrected chi connectivity index (χ0v) is 14.9. The predicted octanol–water partition coefficient (Wildman–Crippen LogP) is 5.79. The highest BCUT2D eigenvalue weighted by molar-refractivity contribution is 7.11. The monoisotopic (exact) mass is 414 g/mol. The molecule has 10 heteroatoms. The highest BCUT2D eigenvalue weighted by Gasteiger charge is 2.36. The quantitative estimate of drug-likeness (QED) is 0.550. The fourth-order valence-electron chi connectivity index (χ4n) is 2.22. The smallest absolute Gasteiger partial charge is 0.438 e. The zero-order chi connectivity index (χ0) is 20.5. The molecule has 0 unspecified atom stereocenters. The molecular formula is C18H11F5N2O2S. The van der Waals surface area contributed by atoms with Gasteiger partial charge in [-0.05, 0) is 43.3 Å². The largest absolute Gasteiger partial charge is 0.443 e. The molecule has 0 aliphatic carbocycles. The molecule has 3 aromatic rings. The van der Waals surface area contributed by atoms with Gasteiger partial charge in [-0.25, -0.2) is 8.78 Å². The number of rotatable bonds is 4. The minimum Gasteiger partial charge on any atom is -0.438 e. The summed E-state index contributed by atoms with van der Waals surface area (Å²) in [4.78, 5) is 15.7. The average molecular weight is 414 g/mol. The molecule has 1 amide bonds. The van der Waals surface area contributed by atoms with Crippen LogP contribution in [0.4, 0.5) is 27.6 Å². The van der Waals surface area contributed by atoms with Crippen molar-refractivity contribution in [2.24, 2.45) is 0 Å². The standard InChI is InChI=1S/C18H11F5N2O2S/c1-9-16(25-17(28-9)18(21,22)23)27-11-7-5-10(6-8-11)24-15(26)14-12(19)3-2-4-13(14)20/h2-8H,1H3,(H,24,26). The molecule has 0 aliphatic heterocycles. The molecule has 0 radical (unpaired) electrons. The van der Waals surface area contributed by atoms with Crippen LogP contribution in [-0.2, 0) is 6.18 Å². The van der Waals surface area contributed by atoms with Crippen LogP contribution in [0.5, 0.6) is 11.6 Å². The third-order valence-corrected chi connectivity index (χ3v) is 4.51. The van der Waals surface area contributed by atoms with E-state index in [-0.39, 0.29) is 22.2 Å². The van der Waals surface area contributed by atoms with E-state index in [4.69, 9.17) is 4.74 Å². The van der Waals surface area contributed by atoms with Crippen molar-refractivity contribution in [2.75, 3.05) is 5.32 Å². The van der Waals surface area contributed by atoms with Crippen molar-refractivity contribution >= 4 is 22.9 Å². The highest BCUT2D eigenvalue weighted by Crippen LogP contribution is 2.38. The summed E-state index contributed by atoms with van der Waals surface area (Å²) in [5, 5.41) is 1.31. The van der Waals surface area contributed by atoms with Crippen molar-refractivity contribution in [1.82, 2.24) is 4.98 Å². The number of hydrogen-bond donors (Lipinski definition) is 1. The van der Waals surface area contributed by atoms with Gasteiger partial charge in [-0.15, -0.1) is 11.3 Å². The molecule has 3 rings (SSSR count). The lowest BCUT2D eigenvalue weighted by atomic mass is 10.2. The van der Waals surface area contributed by atoms with E-state index in [9.17, 15) is 26.7 Å². The predicted molar refractivity (Wildman–Crippen MR) is 92.7 cm³/mol. The van der Waals surface area contributed by atoms with Crippen molar-refractivity contribution in [2.45, 2.75) is 13.1 Å². The molecule has 0 saturated heterocycles. The highest BCUT2D eigenvalue weighted by atomic mass is 32.1. The number of aromatic nitrogens is 1. The number of thiazole rings is 1. The summed E-state index contributed by atoms with van der Waals surface area (Å²) in [5.74, 6) is -2.98. The van der Waals surface area contributed by atoms with Gasteiger partial charge in [0.2, 0.25) is 10.9 Å². The Kier molecular flexibility index (Phi) is 5.32. The molecule has 0 saturated carbocycles. The average Bonchev–Trinajstić information content (AvgIpc) is 2.97. The molecule has 146 valence electrons. The number of halogens is 5. The summed E-state index contributed by atoms with van der Waals surface area (Å²) >= 11 is 0.463. The Morgan fingerprint density at radius 1 is 1.07 bits per heavy atom. The molecule has 28 heavy (non-hydrogen) atoms.